The molecule has 1 aromatic heterocycles. The van der Waals surface area contributed by atoms with Crippen molar-refractivity contribution in [2.75, 3.05) is 0 Å². The van der Waals surface area contributed by atoms with Crippen LogP contribution in [0.4, 0.5) is 0 Å². The maximum Gasteiger partial charge on any atom is 0.138 e. The van der Waals surface area contributed by atoms with E-state index in [1.165, 1.54) is 0 Å². The average Bonchev–Trinajstić information content (AvgIpc) is 2.74. The van der Waals surface area contributed by atoms with Gasteiger partial charge in [-0.25, -0.2) is 4.98 Å². The Hall–Kier alpha value is -1.51. The highest BCUT2D eigenvalue weighted by atomic mass is 35.5. The fourth-order valence-corrected chi connectivity index (χ4v) is 2.31. The molecule has 2 nitrogen and oxygen atoms in total. The lowest BCUT2D eigenvalue weighted by Gasteiger charge is -1.93. The molecule has 0 saturated heterocycles. The van der Waals surface area contributed by atoms with Crippen molar-refractivity contribution in [1.82, 2.24) is 9.97 Å². The highest BCUT2D eigenvalue weighted by Crippen LogP contribution is 2.28. The van der Waals surface area contributed by atoms with Crippen LogP contribution in [0.25, 0.3) is 22.4 Å². The topological polar surface area (TPSA) is 28.7 Å². The third kappa shape index (κ3) is 1.90. The van der Waals surface area contributed by atoms with Crippen molar-refractivity contribution < 1.29 is 0 Å². The van der Waals surface area contributed by atoms with Gasteiger partial charge < -0.3 is 4.98 Å². The Bertz CT molecular complexity index is 674. The molecule has 0 atom stereocenters. The van der Waals surface area contributed by atoms with Gasteiger partial charge in [0.05, 0.1) is 10.5 Å². The number of nitrogens with one attached hydrogen (secondary N) is 1. The molecule has 0 aliphatic heterocycles. The lowest BCUT2D eigenvalue weighted by Crippen LogP contribution is -1.77. The van der Waals surface area contributed by atoms with E-state index in [2.05, 4.69) is 9.97 Å². The molecule has 0 fully saturated rings. The van der Waals surface area contributed by atoms with Gasteiger partial charge in [0, 0.05) is 10.6 Å². The van der Waals surface area contributed by atoms with Gasteiger partial charge in [-0.1, -0.05) is 53.5 Å². The average molecular weight is 263 g/mol. The number of H-pyrrole nitrogens is 1. The molecule has 1 N–H and O–H groups in total. The second kappa shape index (κ2) is 4.06. The second-order valence-corrected chi connectivity index (χ2v) is 4.58. The minimum atomic E-state index is 0.561. The molecule has 84 valence electrons. The van der Waals surface area contributed by atoms with Crippen LogP contribution < -0.4 is 0 Å². The molecule has 1 heterocycles. The predicted molar refractivity (Wildman–Crippen MR) is 71.5 cm³/mol. The zero-order valence-electron chi connectivity index (χ0n) is 8.74. The molecular formula is C13H8Cl2N2. The van der Waals surface area contributed by atoms with Gasteiger partial charge in [-0.05, 0) is 12.1 Å². The van der Waals surface area contributed by atoms with Gasteiger partial charge in [-0.15, -0.1) is 0 Å². The summed E-state index contributed by atoms with van der Waals surface area (Å²) in [6.07, 6.45) is 0. The first-order valence-corrected chi connectivity index (χ1v) is 5.90. The van der Waals surface area contributed by atoms with Gasteiger partial charge in [-0.3, -0.25) is 0 Å². The Labute approximate surface area is 108 Å². The van der Waals surface area contributed by atoms with Gasteiger partial charge in [-0.2, -0.15) is 0 Å². The van der Waals surface area contributed by atoms with E-state index in [4.69, 9.17) is 23.2 Å². The predicted octanol–water partition coefficient (Wildman–Crippen LogP) is 4.54. The number of fused-ring (bicyclic) bond motifs is 1. The van der Waals surface area contributed by atoms with Gasteiger partial charge in [0.15, 0.2) is 0 Å². The van der Waals surface area contributed by atoms with Crippen LogP contribution >= 0.6 is 23.2 Å². The van der Waals surface area contributed by atoms with E-state index in [0.29, 0.717) is 10.0 Å². The highest BCUT2D eigenvalue weighted by Gasteiger charge is 2.08. The smallest absolute Gasteiger partial charge is 0.138 e. The number of hydrogen-bond acceptors (Lipinski definition) is 1. The molecule has 0 amide bonds. The van der Waals surface area contributed by atoms with Crippen molar-refractivity contribution in [1.29, 1.82) is 0 Å². The van der Waals surface area contributed by atoms with Crippen molar-refractivity contribution in [3.63, 3.8) is 0 Å². The third-order valence-corrected chi connectivity index (χ3v) is 3.06. The number of rotatable bonds is 1. The van der Waals surface area contributed by atoms with Crippen molar-refractivity contribution in [2.45, 2.75) is 0 Å². The lowest BCUT2D eigenvalue weighted by atomic mass is 10.2. The van der Waals surface area contributed by atoms with Crippen LogP contribution in [-0.4, -0.2) is 9.97 Å². The van der Waals surface area contributed by atoms with Gasteiger partial charge in [0.1, 0.15) is 11.3 Å². The minimum absolute atomic E-state index is 0.561. The largest absolute Gasteiger partial charge is 0.338 e. The number of halogens is 2. The van der Waals surface area contributed by atoms with E-state index in [1.807, 2.05) is 36.4 Å². The molecule has 0 bridgehead atoms. The van der Waals surface area contributed by atoms with E-state index in [9.17, 15) is 0 Å². The molecule has 3 rings (SSSR count). The lowest BCUT2D eigenvalue weighted by molar-refractivity contribution is 1.34. The van der Waals surface area contributed by atoms with E-state index in [1.54, 1.807) is 6.07 Å². The summed E-state index contributed by atoms with van der Waals surface area (Å²) in [5.41, 5.74) is 2.62. The molecule has 17 heavy (non-hydrogen) atoms. The summed E-state index contributed by atoms with van der Waals surface area (Å²) in [6.45, 7) is 0. The molecule has 4 heteroatoms. The zero-order chi connectivity index (χ0) is 11.8. The molecule has 0 unspecified atom stereocenters. The van der Waals surface area contributed by atoms with Crippen molar-refractivity contribution in [2.24, 2.45) is 0 Å². The summed E-state index contributed by atoms with van der Waals surface area (Å²) in [6, 6.07) is 13.4. The van der Waals surface area contributed by atoms with Gasteiger partial charge in [0.25, 0.3) is 0 Å². The quantitative estimate of drug-likeness (QED) is 0.686. The van der Waals surface area contributed by atoms with Crippen LogP contribution in [0.1, 0.15) is 0 Å². The SMILES string of the molecule is Clc1cc(Cl)c2nc(-c3ccccc3)[nH]c2c1. The van der Waals surface area contributed by atoms with Crippen LogP contribution in [0.5, 0.6) is 0 Å². The zero-order valence-corrected chi connectivity index (χ0v) is 10.3. The molecule has 3 aromatic rings. The van der Waals surface area contributed by atoms with Gasteiger partial charge in [0.2, 0.25) is 0 Å². The summed E-state index contributed by atoms with van der Waals surface area (Å²) < 4.78 is 0. The summed E-state index contributed by atoms with van der Waals surface area (Å²) >= 11 is 12.0. The Balaban J connectivity index is 2.24. The summed E-state index contributed by atoms with van der Waals surface area (Å²) in [5.74, 6) is 0.796. The second-order valence-electron chi connectivity index (χ2n) is 3.74. The minimum Gasteiger partial charge on any atom is -0.338 e. The maximum absolute atomic E-state index is 6.10. The van der Waals surface area contributed by atoms with Crippen molar-refractivity contribution in [3.05, 3.63) is 52.5 Å². The Kier molecular flexibility index (Phi) is 2.54. The normalized spacial score (nSPS) is 10.9. The number of hydrogen-bond donors (Lipinski definition) is 1. The summed E-state index contributed by atoms with van der Waals surface area (Å²) in [4.78, 5) is 7.69. The summed E-state index contributed by atoms with van der Waals surface area (Å²) in [7, 11) is 0. The summed E-state index contributed by atoms with van der Waals surface area (Å²) in [5, 5.41) is 1.16. The molecule has 0 aliphatic carbocycles. The molecule has 0 radical (unpaired) electrons. The number of imidazole rings is 1. The van der Waals surface area contributed by atoms with E-state index in [-0.39, 0.29) is 0 Å². The number of aromatic nitrogens is 2. The van der Waals surface area contributed by atoms with E-state index < -0.39 is 0 Å². The molecular weight excluding hydrogens is 255 g/mol. The van der Waals surface area contributed by atoms with Gasteiger partial charge >= 0.3 is 0 Å². The molecule has 2 aromatic carbocycles. The number of benzene rings is 2. The fraction of sp³-hybridized carbons (Fsp3) is 0. The third-order valence-electron chi connectivity index (χ3n) is 2.55. The standard InChI is InChI=1S/C13H8Cl2N2/c14-9-6-10(15)12-11(7-9)16-13(17-12)8-4-2-1-3-5-8/h1-7H,(H,16,17). The number of nitrogens with zero attached hydrogens (tertiary/aromatic N) is 1. The molecule has 0 spiro atoms. The number of aromatic amines is 1. The first-order chi connectivity index (χ1) is 8.24. The fourth-order valence-electron chi connectivity index (χ4n) is 1.77. The van der Waals surface area contributed by atoms with Crippen LogP contribution in [-0.2, 0) is 0 Å². The Morgan fingerprint density at radius 1 is 1.00 bits per heavy atom. The van der Waals surface area contributed by atoms with Crippen LogP contribution in [0.3, 0.4) is 0 Å². The molecule has 0 saturated carbocycles. The van der Waals surface area contributed by atoms with Crippen LogP contribution in [0.15, 0.2) is 42.5 Å². The Morgan fingerprint density at radius 3 is 2.53 bits per heavy atom. The van der Waals surface area contributed by atoms with Crippen molar-refractivity contribution >= 4 is 34.2 Å². The first-order valence-electron chi connectivity index (χ1n) is 5.14. The van der Waals surface area contributed by atoms with Crippen molar-refractivity contribution in [3.8, 4) is 11.4 Å². The molecule has 0 aliphatic rings. The monoisotopic (exact) mass is 262 g/mol. The van der Waals surface area contributed by atoms with E-state index >= 15 is 0 Å². The van der Waals surface area contributed by atoms with E-state index in [0.717, 1.165) is 22.4 Å². The first kappa shape index (κ1) is 10.6. The highest BCUT2D eigenvalue weighted by molar-refractivity contribution is 6.38. The van der Waals surface area contributed by atoms with Crippen LogP contribution in [0, 0.1) is 0 Å². The maximum atomic E-state index is 6.10. The Morgan fingerprint density at radius 2 is 1.76 bits per heavy atom. The van der Waals surface area contributed by atoms with Crippen LogP contribution in [0.2, 0.25) is 10.0 Å².